The average Bonchev–Trinajstić information content (AvgIpc) is 2.99. The minimum atomic E-state index is 0. The van der Waals surface area contributed by atoms with Crippen LogP contribution in [0.1, 0.15) is 39.0 Å². The number of nitrogens with one attached hydrogen (secondary N) is 3. The molecule has 2 aliphatic heterocycles. The number of hydrogen-bond donors (Lipinski definition) is 3. The summed E-state index contributed by atoms with van der Waals surface area (Å²) in [7, 11) is 0. The number of amides is 1. The number of carbonyl (C=O) groups excluding carboxylic acids is 1. The number of fused-ring (bicyclic) bond motifs is 2. The first-order valence-electron chi connectivity index (χ1n) is 7.74. The Kier molecular flexibility index (Phi) is 6.09. The first kappa shape index (κ1) is 16.8. The molecule has 2 saturated heterocycles. The summed E-state index contributed by atoms with van der Waals surface area (Å²) in [5.74, 6) is 0.730. The number of guanidine groups is 1. The number of aliphatic imine (C=N–C) groups is 1. The van der Waals surface area contributed by atoms with Gasteiger partial charge in [0.1, 0.15) is 6.54 Å². The van der Waals surface area contributed by atoms with E-state index in [0.717, 1.165) is 38.2 Å². The number of rotatable bonds is 5. The number of nitrogens with zero attached hydrogens (tertiary/aromatic N) is 1. The van der Waals surface area contributed by atoms with Gasteiger partial charge in [-0.1, -0.05) is 0 Å². The van der Waals surface area contributed by atoms with Gasteiger partial charge in [0.05, 0.1) is 18.2 Å². The largest absolute Gasteiger partial charge is 0.373 e. The number of ether oxygens (including phenoxy) is 1. The summed E-state index contributed by atoms with van der Waals surface area (Å²) in [5, 5.41) is 9.55. The van der Waals surface area contributed by atoms with Crippen molar-refractivity contribution in [3.05, 3.63) is 0 Å². The van der Waals surface area contributed by atoms with Crippen LogP contribution in [0, 0.1) is 0 Å². The Morgan fingerprint density at radius 2 is 2.05 bits per heavy atom. The Labute approximate surface area is 142 Å². The molecular formula is C14H25IN4O2. The lowest BCUT2D eigenvalue weighted by molar-refractivity contribution is -0.119. The zero-order valence-electron chi connectivity index (χ0n) is 12.4. The smallest absolute Gasteiger partial charge is 0.242 e. The molecule has 3 N–H and O–H groups in total. The van der Waals surface area contributed by atoms with E-state index in [0.29, 0.717) is 24.3 Å². The molecule has 2 bridgehead atoms. The fourth-order valence-corrected chi connectivity index (χ4v) is 2.94. The highest BCUT2D eigenvalue weighted by Crippen LogP contribution is 2.34. The third-order valence-corrected chi connectivity index (χ3v) is 4.10. The summed E-state index contributed by atoms with van der Waals surface area (Å²) >= 11 is 0. The van der Waals surface area contributed by atoms with Crippen molar-refractivity contribution in [1.82, 2.24) is 16.0 Å². The van der Waals surface area contributed by atoms with Crippen molar-refractivity contribution in [1.29, 1.82) is 0 Å². The van der Waals surface area contributed by atoms with Crippen molar-refractivity contribution in [3.63, 3.8) is 0 Å². The molecule has 3 rings (SSSR count). The van der Waals surface area contributed by atoms with E-state index < -0.39 is 0 Å². The summed E-state index contributed by atoms with van der Waals surface area (Å²) in [6.45, 7) is 3.00. The molecule has 0 radical (unpaired) electrons. The van der Waals surface area contributed by atoms with Gasteiger partial charge in [-0.15, -0.1) is 24.0 Å². The lowest BCUT2D eigenvalue weighted by Gasteiger charge is -2.22. The van der Waals surface area contributed by atoms with E-state index in [2.05, 4.69) is 20.9 Å². The van der Waals surface area contributed by atoms with Gasteiger partial charge in [-0.05, 0) is 39.0 Å². The normalized spacial score (nSPS) is 30.7. The van der Waals surface area contributed by atoms with Crippen LogP contribution >= 0.6 is 24.0 Å². The molecule has 1 aliphatic carbocycles. The second-order valence-corrected chi connectivity index (χ2v) is 5.90. The highest BCUT2D eigenvalue weighted by Gasteiger charge is 2.41. The second-order valence-electron chi connectivity index (χ2n) is 5.90. The molecule has 0 aromatic carbocycles. The predicted molar refractivity (Wildman–Crippen MR) is 92.0 cm³/mol. The molecule has 3 unspecified atom stereocenters. The quantitative estimate of drug-likeness (QED) is 0.357. The fourth-order valence-electron chi connectivity index (χ4n) is 2.94. The minimum absolute atomic E-state index is 0. The van der Waals surface area contributed by atoms with Crippen LogP contribution in [0.5, 0.6) is 0 Å². The fraction of sp³-hybridized carbons (Fsp3) is 0.857. The highest BCUT2D eigenvalue weighted by molar-refractivity contribution is 14.0. The zero-order valence-corrected chi connectivity index (χ0v) is 14.8. The average molecular weight is 408 g/mol. The molecule has 2 heterocycles. The van der Waals surface area contributed by atoms with Gasteiger partial charge in [-0.3, -0.25) is 4.79 Å². The van der Waals surface area contributed by atoms with Crippen molar-refractivity contribution in [2.45, 2.75) is 63.3 Å². The first-order chi connectivity index (χ1) is 9.74. The third-order valence-electron chi connectivity index (χ3n) is 4.10. The van der Waals surface area contributed by atoms with Gasteiger partial charge >= 0.3 is 0 Å². The van der Waals surface area contributed by atoms with Crippen molar-refractivity contribution in [2.75, 3.05) is 13.1 Å². The molecule has 120 valence electrons. The molecule has 0 aromatic heterocycles. The van der Waals surface area contributed by atoms with Crippen molar-refractivity contribution in [2.24, 2.45) is 4.99 Å². The number of halogens is 1. The van der Waals surface area contributed by atoms with Crippen molar-refractivity contribution >= 4 is 35.8 Å². The maximum atomic E-state index is 11.7. The molecule has 0 aromatic rings. The van der Waals surface area contributed by atoms with Crippen molar-refractivity contribution < 1.29 is 9.53 Å². The van der Waals surface area contributed by atoms with Crippen molar-refractivity contribution in [3.8, 4) is 0 Å². The lowest BCUT2D eigenvalue weighted by atomic mass is 9.96. The molecule has 1 saturated carbocycles. The van der Waals surface area contributed by atoms with Gasteiger partial charge in [0.15, 0.2) is 5.96 Å². The Hall–Kier alpha value is -0.570. The summed E-state index contributed by atoms with van der Waals surface area (Å²) in [6.07, 6.45) is 6.29. The van der Waals surface area contributed by atoms with Crippen LogP contribution in [0.25, 0.3) is 0 Å². The maximum Gasteiger partial charge on any atom is 0.242 e. The highest BCUT2D eigenvalue weighted by atomic mass is 127. The predicted octanol–water partition coefficient (Wildman–Crippen LogP) is 0.758. The van der Waals surface area contributed by atoms with Crippen LogP contribution in [0.3, 0.4) is 0 Å². The van der Waals surface area contributed by atoms with Crippen LogP contribution in [0.4, 0.5) is 0 Å². The van der Waals surface area contributed by atoms with Crippen LogP contribution < -0.4 is 16.0 Å². The molecule has 6 nitrogen and oxygen atoms in total. The molecule has 21 heavy (non-hydrogen) atoms. The van der Waals surface area contributed by atoms with E-state index in [9.17, 15) is 4.79 Å². The third kappa shape index (κ3) is 4.70. The molecular weight excluding hydrogens is 383 g/mol. The molecule has 1 amide bonds. The van der Waals surface area contributed by atoms with Crippen LogP contribution in [0.2, 0.25) is 0 Å². The van der Waals surface area contributed by atoms with E-state index in [-0.39, 0.29) is 36.4 Å². The Morgan fingerprint density at radius 1 is 1.24 bits per heavy atom. The lowest BCUT2D eigenvalue weighted by Crippen LogP contribution is -2.47. The standard InChI is InChI=1S/C14H24N4O2.HI/c1-2-15-14(16-8-13(19)17-9-3-4-9)18-11-7-10-5-6-12(11)20-10;/h9-12H,2-8H2,1H3,(H,17,19)(H2,15,16,18);1H. The Balaban J connectivity index is 0.00000161. The SMILES string of the molecule is CCNC(=NCC(=O)NC1CC1)NC1CC2CCC1O2.I. The van der Waals surface area contributed by atoms with E-state index in [4.69, 9.17) is 4.74 Å². The van der Waals surface area contributed by atoms with Gasteiger partial charge in [-0.2, -0.15) is 0 Å². The summed E-state index contributed by atoms with van der Waals surface area (Å²) in [5.41, 5.74) is 0. The summed E-state index contributed by atoms with van der Waals surface area (Å²) in [4.78, 5) is 16.0. The van der Waals surface area contributed by atoms with E-state index in [1.807, 2.05) is 6.92 Å². The van der Waals surface area contributed by atoms with Gasteiger partial charge in [-0.25, -0.2) is 4.99 Å². The van der Waals surface area contributed by atoms with E-state index >= 15 is 0 Å². The van der Waals surface area contributed by atoms with Gasteiger partial charge < -0.3 is 20.7 Å². The topological polar surface area (TPSA) is 74.8 Å². The van der Waals surface area contributed by atoms with Gasteiger partial charge in [0.2, 0.25) is 5.91 Å². The minimum Gasteiger partial charge on any atom is -0.373 e. The van der Waals surface area contributed by atoms with Crippen LogP contribution in [-0.4, -0.2) is 49.2 Å². The maximum absolute atomic E-state index is 11.7. The number of carbonyl (C=O) groups is 1. The first-order valence-corrected chi connectivity index (χ1v) is 7.74. The molecule has 0 spiro atoms. The van der Waals surface area contributed by atoms with Gasteiger partial charge in [0.25, 0.3) is 0 Å². The van der Waals surface area contributed by atoms with Gasteiger partial charge in [0, 0.05) is 12.6 Å². The molecule has 3 atom stereocenters. The Bertz CT molecular complexity index is 400. The second kappa shape index (κ2) is 7.62. The molecule has 3 aliphatic rings. The molecule has 3 fully saturated rings. The van der Waals surface area contributed by atoms with Crippen LogP contribution in [-0.2, 0) is 9.53 Å². The monoisotopic (exact) mass is 408 g/mol. The van der Waals surface area contributed by atoms with Crippen LogP contribution in [0.15, 0.2) is 4.99 Å². The van der Waals surface area contributed by atoms with E-state index in [1.165, 1.54) is 6.42 Å². The Morgan fingerprint density at radius 3 is 2.62 bits per heavy atom. The summed E-state index contributed by atoms with van der Waals surface area (Å²) in [6, 6.07) is 0.727. The van der Waals surface area contributed by atoms with E-state index in [1.54, 1.807) is 0 Å². The molecule has 7 heteroatoms. The number of hydrogen-bond acceptors (Lipinski definition) is 3. The zero-order chi connectivity index (χ0) is 13.9. The summed E-state index contributed by atoms with van der Waals surface area (Å²) < 4.78 is 5.83.